The van der Waals surface area contributed by atoms with Crippen molar-refractivity contribution < 1.29 is 14.3 Å². The van der Waals surface area contributed by atoms with Gasteiger partial charge in [0.1, 0.15) is 11.9 Å². The molecule has 1 saturated heterocycles. The molecular weight excluding hydrogens is 249 g/mol. The van der Waals surface area contributed by atoms with Gasteiger partial charge in [-0.25, -0.2) is 4.39 Å². The number of carboxylic acids is 1. The lowest BCUT2D eigenvalue weighted by Gasteiger charge is -2.36. The molecule has 19 heavy (non-hydrogen) atoms. The summed E-state index contributed by atoms with van der Waals surface area (Å²) in [5, 5.41) is 8.77. The average molecular weight is 267 g/mol. The lowest BCUT2D eigenvalue weighted by Crippen LogP contribution is -2.51. The number of benzene rings is 1. The van der Waals surface area contributed by atoms with E-state index in [4.69, 9.17) is 10.8 Å². The van der Waals surface area contributed by atoms with E-state index in [-0.39, 0.29) is 5.82 Å². The van der Waals surface area contributed by atoms with Gasteiger partial charge in [-0.05, 0) is 24.3 Å². The lowest BCUT2D eigenvalue weighted by molar-refractivity contribution is -0.139. The standard InChI is InChI=1S/C13H18FN3O2/c14-10-1-3-11(4-2-10)17-7-5-16(6-8-17)9-12(15)13(18)19/h1-4,12H,5-9,15H2,(H,18,19). The molecule has 2 rings (SSSR count). The fourth-order valence-electron chi connectivity index (χ4n) is 2.20. The van der Waals surface area contributed by atoms with Gasteiger partial charge in [-0.15, -0.1) is 0 Å². The Morgan fingerprint density at radius 3 is 2.37 bits per heavy atom. The molecule has 1 atom stereocenters. The highest BCUT2D eigenvalue weighted by molar-refractivity contribution is 5.73. The lowest BCUT2D eigenvalue weighted by atomic mass is 10.2. The van der Waals surface area contributed by atoms with Gasteiger partial charge in [0.15, 0.2) is 0 Å². The number of nitrogens with zero attached hydrogens (tertiary/aromatic N) is 2. The molecule has 0 saturated carbocycles. The minimum Gasteiger partial charge on any atom is -0.480 e. The first-order valence-electron chi connectivity index (χ1n) is 6.27. The summed E-state index contributed by atoms with van der Waals surface area (Å²) in [7, 11) is 0. The van der Waals surface area contributed by atoms with Crippen molar-refractivity contribution in [1.29, 1.82) is 0 Å². The number of anilines is 1. The number of hydrogen-bond acceptors (Lipinski definition) is 4. The van der Waals surface area contributed by atoms with Crippen LogP contribution in [0.2, 0.25) is 0 Å². The molecule has 104 valence electrons. The third-order valence-corrected chi connectivity index (χ3v) is 3.34. The molecule has 0 bridgehead atoms. The van der Waals surface area contributed by atoms with Crippen molar-refractivity contribution in [1.82, 2.24) is 4.90 Å². The van der Waals surface area contributed by atoms with Crippen LogP contribution in [-0.2, 0) is 4.79 Å². The Morgan fingerprint density at radius 1 is 1.26 bits per heavy atom. The van der Waals surface area contributed by atoms with E-state index in [2.05, 4.69) is 4.90 Å². The van der Waals surface area contributed by atoms with Gasteiger partial charge >= 0.3 is 5.97 Å². The maximum Gasteiger partial charge on any atom is 0.321 e. The highest BCUT2D eigenvalue weighted by Crippen LogP contribution is 2.16. The van der Waals surface area contributed by atoms with Crippen LogP contribution in [0.1, 0.15) is 0 Å². The molecule has 1 aliphatic rings. The second-order valence-electron chi connectivity index (χ2n) is 4.71. The normalized spacial score (nSPS) is 18.3. The first-order chi connectivity index (χ1) is 9.06. The largest absolute Gasteiger partial charge is 0.480 e. The zero-order valence-corrected chi connectivity index (χ0v) is 10.6. The molecule has 1 aliphatic heterocycles. The van der Waals surface area contributed by atoms with Gasteiger partial charge in [0, 0.05) is 38.4 Å². The molecule has 1 aromatic carbocycles. The van der Waals surface area contributed by atoms with Gasteiger partial charge in [0.05, 0.1) is 0 Å². The molecule has 1 unspecified atom stereocenters. The Balaban J connectivity index is 1.85. The van der Waals surface area contributed by atoms with E-state index in [9.17, 15) is 9.18 Å². The number of aliphatic carboxylic acids is 1. The van der Waals surface area contributed by atoms with E-state index >= 15 is 0 Å². The van der Waals surface area contributed by atoms with E-state index in [1.807, 2.05) is 4.90 Å². The fraction of sp³-hybridized carbons (Fsp3) is 0.462. The Bertz CT molecular complexity index is 430. The molecule has 1 heterocycles. The van der Waals surface area contributed by atoms with Crippen molar-refractivity contribution >= 4 is 11.7 Å². The predicted molar refractivity (Wildman–Crippen MR) is 70.7 cm³/mol. The second kappa shape index (κ2) is 5.99. The molecule has 0 aliphatic carbocycles. The first kappa shape index (κ1) is 13.8. The van der Waals surface area contributed by atoms with Crippen LogP contribution in [0.4, 0.5) is 10.1 Å². The van der Waals surface area contributed by atoms with Crippen molar-refractivity contribution in [3.8, 4) is 0 Å². The monoisotopic (exact) mass is 267 g/mol. The summed E-state index contributed by atoms with van der Waals surface area (Å²) < 4.78 is 12.8. The van der Waals surface area contributed by atoms with Gasteiger partial charge in [-0.3, -0.25) is 9.69 Å². The van der Waals surface area contributed by atoms with Gasteiger partial charge in [0.2, 0.25) is 0 Å². The maximum absolute atomic E-state index is 12.8. The minimum atomic E-state index is -0.971. The second-order valence-corrected chi connectivity index (χ2v) is 4.71. The molecule has 0 amide bonds. The van der Waals surface area contributed by atoms with E-state index in [1.165, 1.54) is 12.1 Å². The van der Waals surface area contributed by atoms with Crippen LogP contribution < -0.4 is 10.6 Å². The Hall–Kier alpha value is -1.66. The third-order valence-electron chi connectivity index (χ3n) is 3.34. The number of carbonyl (C=O) groups is 1. The van der Waals surface area contributed by atoms with Crippen molar-refractivity contribution in [2.75, 3.05) is 37.6 Å². The summed E-state index contributed by atoms with van der Waals surface area (Å²) in [5.74, 6) is -1.21. The zero-order chi connectivity index (χ0) is 13.8. The Kier molecular flexibility index (Phi) is 4.34. The van der Waals surface area contributed by atoms with Crippen LogP contribution in [-0.4, -0.2) is 54.7 Å². The highest BCUT2D eigenvalue weighted by Gasteiger charge is 2.21. The summed E-state index contributed by atoms with van der Waals surface area (Å²) >= 11 is 0. The van der Waals surface area contributed by atoms with E-state index in [0.717, 1.165) is 31.9 Å². The molecule has 0 aromatic heterocycles. The van der Waals surface area contributed by atoms with Crippen LogP contribution in [0.3, 0.4) is 0 Å². The van der Waals surface area contributed by atoms with Crippen molar-refractivity contribution in [2.24, 2.45) is 5.73 Å². The molecule has 3 N–H and O–H groups in total. The summed E-state index contributed by atoms with van der Waals surface area (Å²) in [4.78, 5) is 14.9. The molecule has 5 nitrogen and oxygen atoms in total. The number of halogens is 1. The van der Waals surface area contributed by atoms with Gasteiger partial charge in [0.25, 0.3) is 0 Å². The van der Waals surface area contributed by atoms with Gasteiger partial charge < -0.3 is 15.7 Å². The molecule has 1 aromatic rings. The molecule has 0 spiro atoms. The maximum atomic E-state index is 12.8. The van der Waals surface area contributed by atoms with Crippen LogP contribution in [0.15, 0.2) is 24.3 Å². The minimum absolute atomic E-state index is 0.241. The quantitative estimate of drug-likeness (QED) is 0.824. The summed E-state index contributed by atoms with van der Waals surface area (Å²) in [6.45, 7) is 3.47. The number of nitrogens with two attached hydrogens (primary N) is 1. The molecule has 0 radical (unpaired) electrons. The first-order valence-corrected chi connectivity index (χ1v) is 6.27. The zero-order valence-electron chi connectivity index (χ0n) is 10.6. The van der Waals surface area contributed by atoms with Crippen molar-refractivity contribution in [2.45, 2.75) is 6.04 Å². The number of carboxylic acid groups (broad SMARTS) is 1. The van der Waals surface area contributed by atoms with Crippen LogP contribution in [0.25, 0.3) is 0 Å². The summed E-state index contributed by atoms with van der Waals surface area (Å²) in [6, 6.07) is 5.57. The number of rotatable bonds is 4. The van der Waals surface area contributed by atoms with E-state index in [1.54, 1.807) is 12.1 Å². The van der Waals surface area contributed by atoms with E-state index < -0.39 is 12.0 Å². The van der Waals surface area contributed by atoms with Crippen LogP contribution >= 0.6 is 0 Å². The smallest absolute Gasteiger partial charge is 0.321 e. The summed E-state index contributed by atoms with van der Waals surface area (Å²) in [5.41, 5.74) is 6.50. The Labute approximate surface area is 111 Å². The van der Waals surface area contributed by atoms with Gasteiger partial charge in [-0.1, -0.05) is 0 Å². The summed E-state index contributed by atoms with van der Waals surface area (Å²) in [6.07, 6.45) is 0. The number of hydrogen-bond donors (Lipinski definition) is 2. The Morgan fingerprint density at radius 2 is 1.84 bits per heavy atom. The topological polar surface area (TPSA) is 69.8 Å². The highest BCUT2D eigenvalue weighted by atomic mass is 19.1. The molecule has 1 fully saturated rings. The van der Waals surface area contributed by atoms with Crippen LogP contribution in [0.5, 0.6) is 0 Å². The van der Waals surface area contributed by atoms with E-state index in [0.29, 0.717) is 6.54 Å². The van der Waals surface area contributed by atoms with Crippen LogP contribution in [0, 0.1) is 5.82 Å². The predicted octanol–water partition coefficient (Wildman–Crippen LogP) is 0.360. The molecular formula is C13H18FN3O2. The fourth-order valence-corrected chi connectivity index (χ4v) is 2.20. The van der Waals surface area contributed by atoms with Crippen molar-refractivity contribution in [3.63, 3.8) is 0 Å². The molecule has 6 heteroatoms. The number of piperazine rings is 1. The third kappa shape index (κ3) is 3.65. The van der Waals surface area contributed by atoms with Gasteiger partial charge in [-0.2, -0.15) is 0 Å². The average Bonchev–Trinajstić information content (AvgIpc) is 2.40. The van der Waals surface area contributed by atoms with Crippen molar-refractivity contribution in [3.05, 3.63) is 30.1 Å². The SMILES string of the molecule is NC(CN1CCN(c2ccc(F)cc2)CC1)C(=O)O.